The molecule has 1 fully saturated rings. The molecule has 2 aliphatic heterocycles. The van der Waals surface area contributed by atoms with Crippen molar-refractivity contribution in [1.29, 1.82) is 0 Å². The Bertz CT molecular complexity index is 923. The molecule has 0 unspecified atom stereocenters. The van der Waals surface area contributed by atoms with Crippen molar-refractivity contribution in [3.05, 3.63) is 51.8 Å². The first-order valence-electron chi connectivity index (χ1n) is 9.82. The Morgan fingerprint density at radius 3 is 2.64 bits per heavy atom. The van der Waals surface area contributed by atoms with Crippen LogP contribution < -0.4 is 0 Å². The number of halogens is 1. The molecule has 0 aliphatic carbocycles. The van der Waals surface area contributed by atoms with Gasteiger partial charge >= 0.3 is 0 Å². The molecule has 0 radical (unpaired) electrons. The smallest absolute Gasteiger partial charge is 0.153 e. The number of amidine groups is 1. The van der Waals surface area contributed by atoms with E-state index in [9.17, 15) is 4.79 Å². The predicted molar refractivity (Wildman–Crippen MR) is 116 cm³/mol. The summed E-state index contributed by atoms with van der Waals surface area (Å²) in [6.45, 7) is 11.5. The maximum Gasteiger partial charge on any atom is 0.153 e. The fourth-order valence-corrected chi connectivity index (χ4v) is 4.53. The van der Waals surface area contributed by atoms with Gasteiger partial charge in [-0.25, -0.2) is 4.99 Å². The summed E-state index contributed by atoms with van der Waals surface area (Å²) >= 11 is 3.64. The average Bonchev–Trinajstić information content (AvgIpc) is 2.95. The van der Waals surface area contributed by atoms with E-state index in [2.05, 4.69) is 67.7 Å². The zero-order chi connectivity index (χ0) is 19.9. The molecular weight excluding hydrogens is 416 g/mol. The number of aryl methyl sites for hydroxylation is 1. The zero-order valence-corrected chi connectivity index (χ0v) is 18.4. The lowest BCUT2D eigenvalue weighted by molar-refractivity contribution is -0.115. The normalized spacial score (nSPS) is 17.6. The molecule has 3 heterocycles. The van der Waals surface area contributed by atoms with Gasteiger partial charge in [-0.15, -0.1) is 0 Å². The van der Waals surface area contributed by atoms with Crippen LogP contribution in [0, 0.1) is 12.3 Å². The molecule has 6 heteroatoms. The summed E-state index contributed by atoms with van der Waals surface area (Å²) < 4.78 is 3.37. The van der Waals surface area contributed by atoms with Crippen LogP contribution in [0.15, 0.2) is 39.9 Å². The van der Waals surface area contributed by atoms with E-state index in [1.807, 2.05) is 13.8 Å². The van der Waals surface area contributed by atoms with Crippen molar-refractivity contribution >= 4 is 33.7 Å². The van der Waals surface area contributed by atoms with Gasteiger partial charge in [0.1, 0.15) is 6.29 Å². The van der Waals surface area contributed by atoms with Gasteiger partial charge in [-0.2, -0.15) is 0 Å². The molecule has 1 aromatic heterocycles. The van der Waals surface area contributed by atoms with E-state index in [-0.39, 0.29) is 5.41 Å². The minimum absolute atomic E-state index is 0.293. The second-order valence-electron chi connectivity index (χ2n) is 8.61. The van der Waals surface area contributed by atoms with Crippen molar-refractivity contribution in [2.24, 2.45) is 10.4 Å². The first-order chi connectivity index (χ1) is 13.3. The van der Waals surface area contributed by atoms with Gasteiger partial charge in [-0.1, -0.05) is 31.5 Å². The number of carbonyl (C=O) groups excluding carboxylic acids is 1. The average molecular weight is 443 g/mol. The Labute approximate surface area is 175 Å². The van der Waals surface area contributed by atoms with Gasteiger partial charge in [0.15, 0.2) is 5.84 Å². The highest BCUT2D eigenvalue weighted by atomic mass is 79.9. The number of hydrogen-bond donors (Lipinski definition) is 0. The van der Waals surface area contributed by atoms with Crippen molar-refractivity contribution in [1.82, 2.24) is 14.4 Å². The number of benzene rings is 1. The molecule has 0 amide bonds. The van der Waals surface area contributed by atoms with Crippen molar-refractivity contribution in [3.8, 4) is 0 Å². The number of piperazine rings is 1. The maximum absolute atomic E-state index is 11.3. The second-order valence-corrected chi connectivity index (χ2v) is 9.52. The van der Waals surface area contributed by atoms with Gasteiger partial charge < -0.3 is 14.3 Å². The fourth-order valence-electron chi connectivity index (χ4n) is 4.06. The number of carbonyl (C=O) groups is 1. The number of rotatable bonds is 3. The predicted octanol–water partition coefficient (Wildman–Crippen LogP) is 3.84. The lowest BCUT2D eigenvalue weighted by atomic mass is 9.95. The molecule has 5 nitrogen and oxygen atoms in total. The van der Waals surface area contributed by atoms with Crippen molar-refractivity contribution < 1.29 is 4.79 Å². The number of fused-ring (bicyclic) bond motifs is 2. The molecule has 0 N–H and O–H groups in total. The maximum atomic E-state index is 11.3. The van der Waals surface area contributed by atoms with Gasteiger partial charge in [0.05, 0.1) is 11.4 Å². The molecule has 0 bridgehead atoms. The summed E-state index contributed by atoms with van der Waals surface area (Å²) in [5, 5.41) is 0. The van der Waals surface area contributed by atoms with Crippen LogP contribution in [0.1, 0.15) is 30.7 Å². The molecule has 4 rings (SSSR count). The summed E-state index contributed by atoms with van der Waals surface area (Å²) in [6.07, 6.45) is 3.21. The Balaban J connectivity index is 1.61. The van der Waals surface area contributed by atoms with E-state index in [4.69, 9.17) is 4.99 Å². The molecule has 0 spiro atoms. The van der Waals surface area contributed by atoms with Gasteiger partial charge in [-0.05, 0) is 40.5 Å². The number of aldehydes is 1. The van der Waals surface area contributed by atoms with Crippen LogP contribution in [-0.4, -0.2) is 59.2 Å². The lowest BCUT2D eigenvalue weighted by Crippen LogP contribution is -2.51. The van der Waals surface area contributed by atoms with Crippen LogP contribution in [-0.2, 0) is 11.3 Å². The molecule has 2 aliphatic rings. The second kappa shape index (κ2) is 7.48. The SMILES string of the molecule is Cc1ccc2c(c1)Cn1cc(Br)cc1C(N1CCN(CC(C)(C)C=O)CC1)=N2. The summed E-state index contributed by atoms with van der Waals surface area (Å²) in [4.78, 5) is 21.1. The summed E-state index contributed by atoms with van der Waals surface area (Å²) in [7, 11) is 0. The highest BCUT2D eigenvalue weighted by Gasteiger charge is 2.28. The van der Waals surface area contributed by atoms with E-state index < -0.39 is 0 Å². The van der Waals surface area contributed by atoms with E-state index >= 15 is 0 Å². The van der Waals surface area contributed by atoms with E-state index in [0.29, 0.717) is 0 Å². The Morgan fingerprint density at radius 1 is 1.18 bits per heavy atom. The first kappa shape index (κ1) is 19.4. The van der Waals surface area contributed by atoms with Crippen LogP contribution in [0.25, 0.3) is 0 Å². The molecule has 0 atom stereocenters. The van der Waals surface area contributed by atoms with Crippen LogP contribution in [0.2, 0.25) is 0 Å². The van der Waals surface area contributed by atoms with Crippen molar-refractivity contribution in [3.63, 3.8) is 0 Å². The topological polar surface area (TPSA) is 40.8 Å². The van der Waals surface area contributed by atoms with Crippen molar-refractivity contribution in [2.75, 3.05) is 32.7 Å². The van der Waals surface area contributed by atoms with Gasteiger partial charge in [0, 0.05) is 55.4 Å². The van der Waals surface area contributed by atoms with E-state index in [0.717, 1.165) is 67.2 Å². The Kier molecular flexibility index (Phi) is 5.19. The minimum Gasteiger partial charge on any atom is -0.352 e. The van der Waals surface area contributed by atoms with Crippen molar-refractivity contribution in [2.45, 2.75) is 27.3 Å². The highest BCUT2D eigenvalue weighted by molar-refractivity contribution is 9.10. The van der Waals surface area contributed by atoms with E-state index in [1.165, 1.54) is 11.1 Å². The third-order valence-electron chi connectivity index (χ3n) is 5.52. The molecule has 28 heavy (non-hydrogen) atoms. The summed E-state index contributed by atoms with van der Waals surface area (Å²) in [5.74, 6) is 1.04. The third kappa shape index (κ3) is 3.94. The highest BCUT2D eigenvalue weighted by Crippen LogP contribution is 2.30. The lowest BCUT2D eigenvalue weighted by Gasteiger charge is -2.38. The number of nitrogens with zero attached hydrogens (tertiary/aromatic N) is 4. The summed E-state index contributed by atoms with van der Waals surface area (Å²) in [6, 6.07) is 8.67. The van der Waals surface area contributed by atoms with Gasteiger partial charge in [-0.3, -0.25) is 4.90 Å². The molecule has 1 aromatic carbocycles. The molecule has 148 valence electrons. The molecule has 2 aromatic rings. The van der Waals surface area contributed by atoms with Crippen LogP contribution >= 0.6 is 15.9 Å². The van der Waals surface area contributed by atoms with E-state index in [1.54, 1.807) is 0 Å². The van der Waals surface area contributed by atoms with Gasteiger partial charge in [0.2, 0.25) is 0 Å². The van der Waals surface area contributed by atoms with Crippen LogP contribution in [0.5, 0.6) is 0 Å². The van der Waals surface area contributed by atoms with Crippen LogP contribution in [0.3, 0.4) is 0 Å². The Hall–Kier alpha value is -1.92. The minimum atomic E-state index is -0.293. The van der Waals surface area contributed by atoms with Crippen LogP contribution in [0.4, 0.5) is 5.69 Å². The molecule has 0 saturated carbocycles. The Morgan fingerprint density at radius 2 is 1.93 bits per heavy atom. The monoisotopic (exact) mass is 442 g/mol. The fraction of sp³-hybridized carbons (Fsp3) is 0.455. The number of aliphatic imine (C=N–C) groups is 1. The third-order valence-corrected chi connectivity index (χ3v) is 5.95. The quantitative estimate of drug-likeness (QED) is 0.677. The number of aromatic nitrogens is 1. The number of hydrogen-bond acceptors (Lipinski definition) is 4. The first-order valence-corrected chi connectivity index (χ1v) is 10.6. The standard InChI is InChI=1S/C22H27BrN4O/c1-16-4-5-19-17(10-16)12-27-13-18(23)11-20(27)21(24-19)26-8-6-25(7-9-26)14-22(2,3)15-28/h4-5,10-11,13,15H,6-9,12,14H2,1-3H3. The van der Waals surface area contributed by atoms with Gasteiger partial charge in [0.25, 0.3) is 0 Å². The largest absolute Gasteiger partial charge is 0.352 e. The zero-order valence-electron chi connectivity index (χ0n) is 16.8. The molecule has 1 saturated heterocycles. The molecular formula is C22H27BrN4O. The summed E-state index contributed by atoms with van der Waals surface area (Å²) in [5.41, 5.74) is 4.44.